The SMILES string of the molecule is COC(=O)Cc1ccc(C(=O)/C(C#N)=C(/Nc2ccc3oc(C)cc3c2)N[C@H]2CCCCN(CC(=O)N3CCCC3)C2=O)s1. The van der Waals surface area contributed by atoms with E-state index in [-0.39, 0.29) is 41.1 Å². The number of furan rings is 1. The number of esters is 1. The van der Waals surface area contributed by atoms with Crippen LogP contribution in [-0.2, 0) is 25.5 Å². The minimum absolute atomic E-state index is 0.00218. The summed E-state index contributed by atoms with van der Waals surface area (Å²) in [5, 5.41) is 17.5. The summed E-state index contributed by atoms with van der Waals surface area (Å²) in [7, 11) is 1.29. The molecule has 44 heavy (non-hydrogen) atoms. The Kier molecular flexibility index (Phi) is 9.65. The number of nitrogens with one attached hydrogen (secondary N) is 2. The summed E-state index contributed by atoms with van der Waals surface area (Å²) >= 11 is 1.10. The summed E-state index contributed by atoms with van der Waals surface area (Å²) in [6.45, 7) is 3.72. The minimum Gasteiger partial charge on any atom is -0.469 e. The van der Waals surface area contributed by atoms with Gasteiger partial charge in [0.2, 0.25) is 17.6 Å². The second-order valence-corrected chi connectivity index (χ2v) is 12.2. The molecule has 2 N–H and O–H groups in total. The maximum Gasteiger partial charge on any atom is 0.310 e. The van der Waals surface area contributed by atoms with Crippen molar-refractivity contribution in [2.24, 2.45) is 0 Å². The number of ether oxygens (including phenoxy) is 1. The van der Waals surface area contributed by atoms with Gasteiger partial charge in [0.25, 0.3) is 0 Å². The van der Waals surface area contributed by atoms with Crippen molar-refractivity contribution in [1.29, 1.82) is 5.26 Å². The Morgan fingerprint density at radius 1 is 1.09 bits per heavy atom. The van der Waals surface area contributed by atoms with E-state index in [1.807, 2.05) is 25.1 Å². The smallest absolute Gasteiger partial charge is 0.310 e. The quantitative estimate of drug-likeness (QED) is 0.148. The third-order valence-corrected chi connectivity index (χ3v) is 8.90. The largest absolute Gasteiger partial charge is 0.469 e. The molecule has 5 rings (SSSR count). The van der Waals surface area contributed by atoms with E-state index in [2.05, 4.69) is 10.6 Å². The number of hydrogen-bond donors (Lipinski definition) is 2. The average molecular weight is 618 g/mol. The number of thiophene rings is 1. The van der Waals surface area contributed by atoms with Crippen LogP contribution in [0.5, 0.6) is 0 Å². The van der Waals surface area contributed by atoms with Crippen molar-refractivity contribution in [3.05, 3.63) is 63.3 Å². The number of amides is 2. The summed E-state index contributed by atoms with van der Waals surface area (Å²) in [4.78, 5) is 56.4. The number of nitrogens with zero attached hydrogens (tertiary/aromatic N) is 3. The molecule has 0 radical (unpaired) electrons. The highest BCUT2D eigenvalue weighted by Crippen LogP contribution is 2.26. The first-order valence-electron chi connectivity index (χ1n) is 14.7. The number of methoxy groups -OCH3 is 1. The van der Waals surface area contributed by atoms with E-state index in [0.29, 0.717) is 42.2 Å². The van der Waals surface area contributed by atoms with Crippen molar-refractivity contribution in [2.45, 2.75) is 51.5 Å². The van der Waals surface area contributed by atoms with E-state index >= 15 is 0 Å². The van der Waals surface area contributed by atoms with Crippen molar-refractivity contribution in [3.63, 3.8) is 0 Å². The van der Waals surface area contributed by atoms with Crippen LogP contribution in [0.1, 0.15) is 52.4 Å². The van der Waals surface area contributed by atoms with E-state index < -0.39 is 17.8 Å². The predicted octanol–water partition coefficient (Wildman–Crippen LogP) is 4.14. The maximum absolute atomic E-state index is 13.8. The number of carbonyl (C=O) groups excluding carboxylic acids is 4. The van der Waals surface area contributed by atoms with Gasteiger partial charge in [0.15, 0.2) is 0 Å². The number of carbonyl (C=O) groups is 4. The fourth-order valence-electron chi connectivity index (χ4n) is 5.52. The number of nitriles is 1. The topological polar surface area (TPSA) is 145 Å². The highest BCUT2D eigenvalue weighted by Gasteiger charge is 2.32. The van der Waals surface area contributed by atoms with Crippen molar-refractivity contribution in [3.8, 4) is 6.07 Å². The van der Waals surface area contributed by atoms with Crippen LogP contribution in [0.25, 0.3) is 11.0 Å². The van der Waals surface area contributed by atoms with Gasteiger partial charge in [-0.25, -0.2) is 0 Å². The lowest BCUT2D eigenvalue weighted by Crippen LogP contribution is -2.49. The maximum atomic E-state index is 13.8. The van der Waals surface area contributed by atoms with Crippen LogP contribution in [0, 0.1) is 18.3 Å². The molecule has 2 fully saturated rings. The highest BCUT2D eigenvalue weighted by atomic mass is 32.1. The second kappa shape index (κ2) is 13.8. The zero-order chi connectivity index (χ0) is 31.2. The standard InChI is InChI=1S/C32H35N5O6S/c1-20-15-21-16-22(8-10-26(21)43-20)34-31(24(18-33)30(40)27-11-9-23(44-27)17-29(39)42-2)35-25-7-3-4-14-37(32(25)41)19-28(38)36-12-5-6-13-36/h8-11,15-16,25,34-35H,3-7,12-14,17,19H2,1-2H3/b31-24-/t25-/m0/s1. The number of Topliss-reactive ketones (excluding diaryl/α,β-unsaturated/α-hetero) is 1. The summed E-state index contributed by atoms with van der Waals surface area (Å²) in [5.74, 6) is -0.474. The lowest BCUT2D eigenvalue weighted by molar-refractivity contribution is -0.140. The van der Waals surface area contributed by atoms with Gasteiger partial charge in [-0.05, 0) is 75.4 Å². The van der Waals surface area contributed by atoms with Crippen LogP contribution in [0.15, 0.2) is 52.2 Å². The van der Waals surface area contributed by atoms with E-state index in [1.54, 1.807) is 34.1 Å². The van der Waals surface area contributed by atoms with Gasteiger partial charge in [0.05, 0.1) is 25.0 Å². The summed E-state index contributed by atoms with van der Waals surface area (Å²) in [6.07, 6.45) is 3.87. The summed E-state index contributed by atoms with van der Waals surface area (Å²) in [5.41, 5.74) is 1.06. The number of fused-ring (bicyclic) bond motifs is 1. The van der Waals surface area contributed by atoms with Gasteiger partial charge in [0, 0.05) is 35.6 Å². The molecule has 2 aliphatic heterocycles. The number of aryl methyl sites for hydroxylation is 1. The number of ketones is 1. The lowest BCUT2D eigenvalue weighted by Gasteiger charge is -2.28. The molecule has 0 unspecified atom stereocenters. The van der Waals surface area contributed by atoms with Crippen molar-refractivity contribution in [2.75, 3.05) is 38.6 Å². The number of rotatable bonds is 10. The van der Waals surface area contributed by atoms with Gasteiger partial charge >= 0.3 is 5.97 Å². The number of allylic oxidation sites excluding steroid dienone is 1. The summed E-state index contributed by atoms with van der Waals surface area (Å²) in [6, 6.07) is 11.8. The molecule has 12 heteroatoms. The highest BCUT2D eigenvalue weighted by molar-refractivity contribution is 7.14. The lowest BCUT2D eigenvalue weighted by atomic mass is 10.1. The Morgan fingerprint density at radius 3 is 2.61 bits per heavy atom. The molecule has 230 valence electrons. The van der Waals surface area contributed by atoms with Gasteiger partial charge in [-0.1, -0.05) is 0 Å². The first-order valence-corrected chi connectivity index (χ1v) is 15.5. The Bertz CT molecular complexity index is 1640. The fourth-order valence-corrected chi connectivity index (χ4v) is 6.46. The van der Waals surface area contributed by atoms with Crippen LogP contribution < -0.4 is 10.6 Å². The molecule has 1 aromatic carbocycles. The fraction of sp³-hybridized carbons (Fsp3) is 0.406. The zero-order valence-electron chi connectivity index (χ0n) is 24.8. The monoisotopic (exact) mass is 617 g/mol. The Labute approximate surface area is 259 Å². The first-order chi connectivity index (χ1) is 21.2. The van der Waals surface area contributed by atoms with Crippen LogP contribution >= 0.6 is 11.3 Å². The Hall–Kier alpha value is -4.63. The van der Waals surface area contributed by atoms with Crippen molar-refractivity contribution < 1.29 is 28.3 Å². The molecule has 3 aromatic rings. The van der Waals surface area contributed by atoms with Gasteiger partial charge < -0.3 is 29.6 Å². The number of hydrogen-bond acceptors (Lipinski definition) is 10. The van der Waals surface area contributed by atoms with E-state index in [4.69, 9.17) is 9.15 Å². The van der Waals surface area contributed by atoms with E-state index in [0.717, 1.165) is 48.2 Å². The Balaban J connectivity index is 1.45. The molecule has 2 aliphatic rings. The van der Waals surface area contributed by atoms with E-state index in [1.165, 1.54) is 7.11 Å². The molecule has 2 amide bonds. The van der Waals surface area contributed by atoms with Crippen LogP contribution in [0.3, 0.4) is 0 Å². The molecule has 2 aromatic heterocycles. The van der Waals surface area contributed by atoms with E-state index in [9.17, 15) is 24.4 Å². The average Bonchev–Trinajstić information content (AvgIpc) is 3.76. The van der Waals surface area contributed by atoms with Crippen LogP contribution in [0.2, 0.25) is 0 Å². The molecule has 11 nitrogen and oxygen atoms in total. The predicted molar refractivity (Wildman–Crippen MR) is 165 cm³/mol. The molecule has 0 aliphatic carbocycles. The number of anilines is 1. The van der Waals surface area contributed by atoms with Gasteiger partial charge in [-0.3, -0.25) is 19.2 Å². The minimum atomic E-state index is -0.763. The number of likely N-dealkylation sites (tertiary alicyclic amines) is 2. The first kappa shape index (κ1) is 30.8. The molecule has 0 spiro atoms. The molecule has 4 heterocycles. The number of benzene rings is 1. The van der Waals surface area contributed by atoms with Crippen molar-refractivity contribution >= 4 is 51.6 Å². The normalized spacial score (nSPS) is 17.6. The molecule has 0 bridgehead atoms. The second-order valence-electron chi connectivity index (χ2n) is 11.0. The van der Waals surface area contributed by atoms with Gasteiger partial charge in [-0.15, -0.1) is 11.3 Å². The third kappa shape index (κ3) is 7.11. The zero-order valence-corrected chi connectivity index (χ0v) is 25.6. The van der Waals surface area contributed by atoms with Gasteiger partial charge in [-0.2, -0.15) is 5.26 Å². The Morgan fingerprint density at radius 2 is 1.86 bits per heavy atom. The molecular weight excluding hydrogens is 582 g/mol. The van der Waals surface area contributed by atoms with Crippen molar-refractivity contribution in [1.82, 2.24) is 15.1 Å². The van der Waals surface area contributed by atoms with Gasteiger partial charge in [0.1, 0.15) is 34.8 Å². The van der Waals surface area contributed by atoms with Crippen LogP contribution in [0.4, 0.5) is 5.69 Å². The van der Waals surface area contributed by atoms with Crippen LogP contribution in [-0.4, -0.2) is 72.7 Å². The molecule has 1 atom stereocenters. The molecular formula is C32H35N5O6S. The third-order valence-electron chi connectivity index (χ3n) is 7.81. The molecule has 2 saturated heterocycles. The molecule has 0 saturated carbocycles. The summed E-state index contributed by atoms with van der Waals surface area (Å²) < 4.78 is 10.4.